The second-order valence-electron chi connectivity index (χ2n) is 4.53. The van der Waals surface area contributed by atoms with Crippen molar-refractivity contribution in [2.45, 2.75) is 6.92 Å². The molecule has 0 aliphatic rings. The van der Waals surface area contributed by atoms with Crippen LogP contribution < -0.4 is 5.32 Å². The number of amides is 1. The van der Waals surface area contributed by atoms with Crippen LogP contribution in [0.5, 0.6) is 0 Å². The van der Waals surface area contributed by atoms with Gasteiger partial charge in [0, 0.05) is 11.8 Å². The second-order valence-corrected chi connectivity index (χ2v) is 4.53. The maximum Gasteiger partial charge on any atom is 0.338 e. The highest BCUT2D eigenvalue weighted by molar-refractivity contribution is 6.02. The summed E-state index contributed by atoms with van der Waals surface area (Å²) in [4.78, 5) is 23.5. The Bertz CT molecular complexity index is 678. The fourth-order valence-corrected chi connectivity index (χ4v) is 1.86. The van der Waals surface area contributed by atoms with Gasteiger partial charge in [-0.25, -0.2) is 4.79 Å². The number of carbonyl (C=O) groups excluding carboxylic acids is 2. The standard InChI is InChI=1S/C18H17NO3/c1-2-22-18(21)15-9-6-10-16(13-15)19-17(20)12-11-14-7-4-3-5-8-14/h3-13H,2H2,1H3,(H,19,20)/b12-11+. The summed E-state index contributed by atoms with van der Waals surface area (Å²) in [6.45, 7) is 2.06. The van der Waals surface area contributed by atoms with Crippen molar-refractivity contribution >= 4 is 23.6 Å². The van der Waals surface area contributed by atoms with Gasteiger partial charge in [0.15, 0.2) is 0 Å². The first-order chi connectivity index (χ1) is 10.7. The third kappa shape index (κ3) is 4.59. The average Bonchev–Trinajstić information content (AvgIpc) is 2.54. The van der Waals surface area contributed by atoms with Crippen molar-refractivity contribution in [3.8, 4) is 0 Å². The molecular weight excluding hydrogens is 278 g/mol. The molecule has 1 amide bonds. The molecule has 2 aromatic rings. The van der Waals surface area contributed by atoms with Gasteiger partial charge < -0.3 is 10.1 Å². The summed E-state index contributed by atoms with van der Waals surface area (Å²) in [5.74, 6) is -0.664. The summed E-state index contributed by atoms with van der Waals surface area (Å²) >= 11 is 0. The lowest BCUT2D eigenvalue weighted by Crippen LogP contribution is -2.09. The number of ether oxygens (including phenoxy) is 1. The van der Waals surface area contributed by atoms with Crippen molar-refractivity contribution in [3.05, 3.63) is 71.8 Å². The summed E-state index contributed by atoms with van der Waals surface area (Å²) in [6.07, 6.45) is 3.18. The number of anilines is 1. The Labute approximate surface area is 129 Å². The minimum atomic E-state index is -0.404. The molecule has 0 aliphatic heterocycles. The second kappa shape index (κ2) is 7.78. The van der Waals surface area contributed by atoms with E-state index >= 15 is 0 Å². The zero-order chi connectivity index (χ0) is 15.8. The summed E-state index contributed by atoms with van der Waals surface area (Å²) in [5.41, 5.74) is 1.90. The number of benzene rings is 2. The minimum absolute atomic E-state index is 0.259. The number of hydrogen-bond acceptors (Lipinski definition) is 3. The smallest absolute Gasteiger partial charge is 0.338 e. The molecule has 0 aliphatic carbocycles. The number of carbonyl (C=O) groups is 2. The maximum atomic E-state index is 11.9. The third-order valence-electron chi connectivity index (χ3n) is 2.87. The van der Waals surface area contributed by atoms with E-state index in [2.05, 4.69) is 5.32 Å². The summed E-state index contributed by atoms with van der Waals surface area (Å²) < 4.78 is 4.93. The van der Waals surface area contributed by atoms with E-state index in [-0.39, 0.29) is 5.91 Å². The van der Waals surface area contributed by atoms with E-state index < -0.39 is 5.97 Å². The van der Waals surface area contributed by atoms with Crippen LogP contribution in [0.15, 0.2) is 60.7 Å². The first-order valence-corrected chi connectivity index (χ1v) is 7.00. The van der Waals surface area contributed by atoms with Crippen molar-refractivity contribution in [1.82, 2.24) is 0 Å². The van der Waals surface area contributed by atoms with Crippen LogP contribution >= 0.6 is 0 Å². The third-order valence-corrected chi connectivity index (χ3v) is 2.87. The van der Waals surface area contributed by atoms with Crippen LogP contribution in [0, 0.1) is 0 Å². The number of esters is 1. The monoisotopic (exact) mass is 295 g/mol. The van der Waals surface area contributed by atoms with Crippen molar-refractivity contribution in [3.63, 3.8) is 0 Å². The predicted molar refractivity (Wildman–Crippen MR) is 86.5 cm³/mol. The highest BCUT2D eigenvalue weighted by Crippen LogP contribution is 2.12. The van der Waals surface area contributed by atoms with Crippen LogP contribution in [0.4, 0.5) is 5.69 Å². The molecule has 0 saturated carbocycles. The Morgan fingerprint density at radius 2 is 1.86 bits per heavy atom. The van der Waals surface area contributed by atoms with Gasteiger partial charge in [0.25, 0.3) is 0 Å². The Kier molecular flexibility index (Phi) is 5.49. The van der Waals surface area contributed by atoms with Crippen molar-refractivity contribution in [1.29, 1.82) is 0 Å². The van der Waals surface area contributed by atoms with E-state index in [0.29, 0.717) is 17.9 Å². The number of hydrogen-bond donors (Lipinski definition) is 1. The summed E-state index contributed by atoms with van der Waals surface area (Å²) in [6, 6.07) is 16.2. The molecule has 4 heteroatoms. The van der Waals surface area contributed by atoms with E-state index in [4.69, 9.17) is 4.74 Å². The van der Waals surface area contributed by atoms with Gasteiger partial charge in [0.05, 0.1) is 12.2 Å². The van der Waals surface area contributed by atoms with Crippen LogP contribution in [0.25, 0.3) is 6.08 Å². The SMILES string of the molecule is CCOC(=O)c1cccc(NC(=O)/C=C/c2ccccc2)c1. The Balaban J connectivity index is 2.01. The molecule has 0 radical (unpaired) electrons. The predicted octanol–water partition coefficient (Wildman–Crippen LogP) is 3.52. The summed E-state index contributed by atoms with van der Waals surface area (Å²) in [5, 5.41) is 2.72. The van der Waals surface area contributed by atoms with E-state index in [9.17, 15) is 9.59 Å². The molecule has 22 heavy (non-hydrogen) atoms. The van der Waals surface area contributed by atoms with Crippen molar-refractivity contribution in [2.75, 3.05) is 11.9 Å². The normalized spacial score (nSPS) is 10.4. The number of nitrogens with one attached hydrogen (secondary N) is 1. The molecule has 1 N–H and O–H groups in total. The van der Waals surface area contributed by atoms with Gasteiger partial charge in [-0.1, -0.05) is 36.4 Å². The largest absolute Gasteiger partial charge is 0.462 e. The molecule has 0 spiro atoms. The molecule has 0 heterocycles. The topological polar surface area (TPSA) is 55.4 Å². The summed E-state index contributed by atoms with van der Waals surface area (Å²) in [7, 11) is 0. The lowest BCUT2D eigenvalue weighted by molar-refractivity contribution is -0.111. The first kappa shape index (κ1) is 15.5. The fourth-order valence-electron chi connectivity index (χ4n) is 1.86. The van der Waals surface area contributed by atoms with E-state index in [0.717, 1.165) is 5.56 Å². The van der Waals surface area contributed by atoms with Crippen LogP contribution in [0.1, 0.15) is 22.8 Å². The quantitative estimate of drug-likeness (QED) is 0.678. The molecular formula is C18H17NO3. The minimum Gasteiger partial charge on any atom is -0.462 e. The fraction of sp³-hybridized carbons (Fsp3) is 0.111. The van der Waals surface area contributed by atoms with E-state index in [1.807, 2.05) is 30.3 Å². The molecule has 0 bridgehead atoms. The van der Waals surface area contributed by atoms with Crippen LogP contribution in [0.3, 0.4) is 0 Å². The molecule has 4 nitrogen and oxygen atoms in total. The zero-order valence-corrected chi connectivity index (χ0v) is 12.3. The van der Waals surface area contributed by atoms with Gasteiger partial charge >= 0.3 is 5.97 Å². The van der Waals surface area contributed by atoms with Crippen molar-refractivity contribution in [2.24, 2.45) is 0 Å². The van der Waals surface area contributed by atoms with E-state index in [1.165, 1.54) is 6.08 Å². The Morgan fingerprint density at radius 3 is 2.59 bits per heavy atom. The van der Waals surface area contributed by atoms with Gasteiger partial charge in [-0.15, -0.1) is 0 Å². The molecule has 0 fully saturated rings. The van der Waals surface area contributed by atoms with Gasteiger partial charge in [-0.3, -0.25) is 4.79 Å². The van der Waals surface area contributed by atoms with Gasteiger partial charge in [-0.2, -0.15) is 0 Å². The Morgan fingerprint density at radius 1 is 1.09 bits per heavy atom. The molecule has 2 rings (SSSR count). The number of rotatable bonds is 5. The highest BCUT2D eigenvalue weighted by atomic mass is 16.5. The van der Waals surface area contributed by atoms with Crippen LogP contribution in [0.2, 0.25) is 0 Å². The van der Waals surface area contributed by atoms with Gasteiger partial charge in [0.2, 0.25) is 5.91 Å². The van der Waals surface area contributed by atoms with Gasteiger partial charge in [0.1, 0.15) is 0 Å². The average molecular weight is 295 g/mol. The molecule has 2 aromatic carbocycles. The van der Waals surface area contributed by atoms with Crippen LogP contribution in [-0.4, -0.2) is 18.5 Å². The lowest BCUT2D eigenvalue weighted by atomic mass is 10.2. The first-order valence-electron chi connectivity index (χ1n) is 7.00. The molecule has 0 unspecified atom stereocenters. The lowest BCUT2D eigenvalue weighted by Gasteiger charge is -2.05. The molecule has 0 atom stereocenters. The highest BCUT2D eigenvalue weighted by Gasteiger charge is 2.07. The van der Waals surface area contributed by atoms with Crippen LogP contribution in [-0.2, 0) is 9.53 Å². The van der Waals surface area contributed by atoms with Gasteiger partial charge in [-0.05, 0) is 36.8 Å². The van der Waals surface area contributed by atoms with E-state index in [1.54, 1.807) is 37.3 Å². The maximum absolute atomic E-state index is 11.9. The van der Waals surface area contributed by atoms with Crippen molar-refractivity contribution < 1.29 is 14.3 Å². The molecule has 0 saturated heterocycles. The molecule has 112 valence electrons. The Hall–Kier alpha value is -2.88. The molecule has 0 aromatic heterocycles. The zero-order valence-electron chi connectivity index (χ0n) is 12.3.